The van der Waals surface area contributed by atoms with Gasteiger partial charge in [-0.1, -0.05) is 43.7 Å². The van der Waals surface area contributed by atoms with Crippen molar-refractivity contribution in [3.05, 3.63) is 59.7 Å². The SMILES string of the molecule is CCCCOc1nc(N2CC3CCC(C2)N3)c2cc(F)c(-c3cccc4cccc(C#N)c34)c(F)c2n1. The Morgan fingerprint density at radius 1 is 1.11 bits per heavy atom. The van der Waals surface area contributed by atoms with Gasteiger partial charge in [-0.3, -0.25) is 0 Å². The Labute approximate surface area is 213 Å². The predicted molar refractivity (Wildman–Crippen MR) is 140 cm³/mol. The van der Waals surface area contributed by atoms with Gasteiger partial charge in [0.05, 0.1) is 23.8 Å². The van der Waals surface area contributed by atoms with Gasteiger partial charge in [0, 0.05) is 35.9 Å². The Morgan fingerprint density at radius 2 is 1.86 bits per heavy atom. The number of hydrogen-bond donors (Lipinski definition) is 1. The Hall–Kier alpha value is -3.83. The van der Waals surface area contributed by atoms with Gasteiger partial charge in [-0.2, -0.15) is 15.2 Å². The van der Waals surface area contributed by atoms with E-state index in [-0.39, 0.29) is 17.1 Å². The van der Waals surface area contributed by atoms with E-state index in [1.54, 1.807) is 24.3 Å². The summed E-state index contributed by atoms with van der Waals surface area (Å²) < 4.78 is 38.0. The summed E-state index contributed by atoms with van der Waals surface area (Å²) in [5, 5.41) is 14.9. The third-order valence-electron chi connectivity index (χ3n) is 7.38. The summed E-state index contributed by atoms with van der Waals surface area (Å²) in [5.41, 5.74) is 0.492. The van der Waals surface area contributed by atoms with Gasteiger partial charge in [0.25, 0.3) is 0 Å². The number of fused-ring (bicyclic) bond motifs is 4. The number of rotatable bonds is 6. The number of hydrogen-bond acceptors (Lipinski definition) is 6. The minimum absolute atomic E-state index is 0.0187. The molecular formula is C29H27F2N5O. The van der Waals surface area contributed by atoms with Crippen molar-refractivity contribution in [1.82, 2.24) is 15.3 Å². The van der Waals surface area contributed by atoms with E-state index in [9.17, 15) is 5.26 Å². The van der Waals surface area contributed by atoms with Crippen molar-refractivity contribution in [1.29, 1.82) is 5.26 Å². The lowest BCUT2D eigenvalue weighted by Crippen LogP contribution is -2.51. The lowest BCUT2D eigenvalue weighted by atomic mass is 9.93. The van der Waals surface area contributed by atoms with E-state index in [0.29, 0.717) is 59.5 Å². The van der Waals surface area contributed by atoms with E-state index < -0.39 is 11.6 Å². The van der Waals surface area contributed by atoms with Crippen LogP contribution >= 0.6 is 0 Å². The van der Waals surface area contributed by atoms with Gasteiger partial charge in [0.15, 0.2) is 5.82 Å². The van der Waals surface area contributed by atoms with Gasteiger partial charge in [0.1, 0.15) is 17.2 Å². The molecule has 2 aliphatic rings. The number of nitrogens with zero attached hydrogens (tertiary/aromatic N) is 4. The van der Waals surface area contributed by atoms with Crippen LogP contribution < -0.4 is 15.0 Å². The molecule has 4 aromatic rings. The van der Waals surface area contributed by atoms with Crippen molar-refractivity contribution in [3.8, 4) is 23.2 Å². The monoisotopic (exact) mass is 499 g/mol. The maximum atomic E-state index is 16.4. The number of ether oxygens (including phenoxy) is 1. The third-order valence-corrected chi connectivity index (χ3v) is 7.38. The van der Waals surface area contributed by atoms with Gasteiger partial charge < -0.3 is 15.0 Å². The molecule has 0 saturated carbocycles. The number of piperazine rings is 1. The van der Waals surface area contributed by atoms with Crippen LogP contribution in [0.25, 0.3) is 32.8 Å². The van der Waals surface area contributed by atoms with Gasteiger partial charge in [-0.05, 0) is 42.3 Å². The van der Waals surface area contributed by atoms with Crippen molar-refractivity contribution in [3.63, 3.8) is 0 Å². The molecule has 1 N–H and O–H groups in total. The maximum Gasteiger partial charge on any atom is 0.319 e. The fourth-order valence-electron chi connectivity index (χ4n) is 5.63. The molecule has 188 valence electrons. The highest BCUT2D eigenvalue weighted by atomic mass is 19.1. The highest BCUT2D eigenvalue weighted by molar-refractivity contribution is 6.03. The molecule has 3 heterocycles. The second-order valence-electron chi connectivity index (χ2n) is 9.84. The normalized spacial score (nSPS) is 18.9. The van der Waals surface area contributed by atoms with E-state index in [0.717, 1.165) is 31.1 Å². The highest BCUT2D eigenvalue weighted by Crippen LogP contribution is 2.40. The number of unbranched alkanes of at least 4 members (excludes halogenated alkanes) is 1. The molecule has 2 bridgehead atoms. The summed E-state index contributed by atoms with van der Waals surface area (Å²) in [7, 11) is 0. The number of benzene rings is 3. The van der Waals surface area contributed by atoms with E-state index in [1.165, 1.54) is 6.07 Å². The molecule has 2 unspecified atom stereocenters. The molecule has 0 spiro atoms. The lowest BCUT2D eigenvalue weighted by Gasteiger charge is -2.34. The fourth-order valence-corrected chi connectivity index (χ4v) is 5.63. The minimum atomic E-state index is -0.780. The standard InChI is InChI=1S/C29H27F2N5O/c1-2-3-12-37-29-34-27-22(28(35-29)36-15-19-10-11-20(16-36)33-19)13-23(30)25(26(27)31)21-9-5-7-17-6-4-8-18(14-32)24(17)21/h4-9,13,19-20,33H,2-3,10-12,15-16H2,1H3. The number of nitriles is 1. The molecule has 2 aliphatic heterocycles. The van der Waals surface area contributed by atoms with Crippen LogP contribution in [0, 0.1) is 23.0 Å². The molecule has 6 rings (SSSR count). The average Bonchev–Trinajstić information content (AvgIpc) is 3.25. The zero-order chi connectivity index (χ0) is 25.5. The Kier molecular flexibility index (Phi) is 6.09. The van der Waals surface area contributed by atoms with Gasteiger partial charge in [-0.25, -0.2) is 8.78 Å². The van der Waals surface area contributed by atoms with Crippen LogP contribution in [0.2, 0.25) is 0 Å². The van der Waals surface area contributed by atoms with Crippen LogP contribution in [0.15, 0.2) is 42.5 Å². The van der Waals surface area contributed by atoms with E-state index >= 15 is 8.78 Å². The zero-order valence-corrected chi connectivity index (χ0v) is 20.6. The molecule has 2 atom stereocenters. The number of aromatic nitrogens is 2. The third kappa shape index (κ3) is 4.13. The van der Waals surface area contributed by atoms with Crippen molar-refractivity contribution >= 4 is 27.5 Å². The molecule has 0 aliphatic carbocycles. The summed E-state index contributed by atoms with van der Waals surface area (Å²) in [6.07, 6.45) is 3.89. The molecular weight excluding hydrogens is 472 g/mol. The van der Waals surface area contributed by atoms with Crippen molar-refractivity contribution in [2.75, 3.05) is 24.6 Å². The van der Waals surface area contributed by atoms with Crippen LogP contribution in [-0.4, -0.2) is 41.7 Å². The Balaban J connectivity index is 1.57. The van der Waals surface area contributed by atoms with Crippen molar-refractivity contribution in [2.24, 2.45) is 0 Å². The molecule has 0 amide bonds. The van der Waals surface area contributed by atoms with E-state index in [1.807, 2.05) is 12.1 Å². The number of anilines is 1. The Bertz CT molecular complexity index is 1530. The average molecular weight is 500 g/mol. The molecule has 3 aromatic carbocycles. The summed E-state index contributed by atoms with van der Waals surface area (Å²) in [4.78, 5) is 11.2. The van der Waals surface area contributed by atoms with Crippen LogP contribution in [0.3, 0.4) is 0 Å². The molecule has 2 saturated heterocycles. The zero-order valence-electron chi connectivity index (χ0n) is 20.6. The quantitative estimate of drug-likeness (QED) is 0.342. The second-order valence-corrected chi connectivity index (χ2v) is 9.84. The van der Waals surface area contributed by atoms with Crippen molar-refractivity contribution in [2.45, 2.75) is 44.7 Å². The van der Waals surface area contributed by atoms with Crippen LogP contribution in [-0.2, 0) is 0 Å². The first-order valence-corrected chi connectivity index (χ1v) is 12.8. The topological polar surface area (TPSA) is 74.1 Å². The summed E-state index contributed by atoms with van der Waals surface area (Å²) in [6.45, 7) is 3.88. The largest absolute Gasteiger partial charge is 0.463 e. The maximum absolute atomic E-state index is 16.4. The van der Waals surface area contributed by atoms with Gasteiger partial charge in [-0.15, -0.1) is 0 Å². The van der Waals surface area contributed by atoms with E-state index in [2.05, 4.69) is 33.2 Å². The first-order valence-electron chi connectivity index (χ1n) is 12.8. The molecule has 1 aromatic heterocycles. The number of halogens is 2. The summed E-state index contributed by atoms with van der Waals surface area (Å²) in [5.74, 6) is -1.000. The van der Waals surface area contributed by atoms with Crippen molar-refractivity contribution < 1.29 is 13.5 Å². The molecule has 0 radical (unpaired) electrons. The first kappa shape index (κ1) is 23.6. The van der Waals surface area contributed by atoms with Crippen LogP contribution in [0.1, 0.15) is 38.2 Å². The first-order chi connectivity index (χ1) is 18.1. The van der Waals surface area contributed by atoms with Crippen LogP contribution in [0.5, 0.6) is 6.01 Å². The minimum Gasteiger partial charge on any atom is -0.463 e. The summed E-state index contributed by atoms with van der Waals surface area (Å²) >= 11 is 0. The molecule has 37 heavy (non-hydrogen) atoms. The van der Waals surface area contributed by atoms with Gasteiger partial charge in [0.2, 0.25) is 0 Å². The predicted octanol–water partition coefficient (Wildman–Crippen LogP) is 5.72. The van der Waals surface area contributed by atoms with Gasteiger partial charge >= 0.3 is 6.01 Å². The fraction of sp³-hybridized carbons (Fsp3) is 0.345. The Morgan fingerprint density at radius 3 is 2.59 bits per heavy atom. The van der Waals surface area contributed by atoms with E-state index in [4.69, 9.17) is 4.74 Å². The second kappa shape index (κ2) is 9.56. The highest BCUT2D eigenvalue weighted by Gasteiger charge is 2.34. The molecule has 2 fully saturated rings. The number of nitrogens with one attached hydrogen (secondary N) is 1. The van der Waals surface area contributed by atoms with Crippen LogP contribution in [0.4, 0.5) is 14.6 Å². The smallest absolute Gasteiger partial charge is 0.319 e. The molecule has 8 heteroatoms. The molecule has 6 nitrogen and oxygen atoms in total. The summed E-state index contributed by atoms with van der Waals surface area (Å²) in [6, 6.07) is 14.7. The lowest BCUT2D eigenvalue weighted by molar-refractivity contribution is 0.286.